The average molecular weight is 565 g/mol. The van der Waals surface area contributed by atoms with Crippen molar-refractivity contribution in [1.82, 2.24) is 10.6 Å². The average Bonchev–Trinajstić information content (AvgIpc) is 2.87. The molecular formula is C30H48N2O8. The monoisotopic (exact) mass is 564 g/mol. The molecule has 2 N–H and O–H groups in total. The molecule has 0 bridgehead atoms. The Balaban J connectivity index is 1.74. The van der Waals surface area contributed by atoms with E-state index in [2.05, 4.69) is 44.6 Å². The van der Waals surface area contributed by atoms with Gasteiger partial charge in [-0.3, -0.25) is 0 Å². The molecule has 226 valence electrons. The predicted octanol–water partition coefficient (Wildman–Crippen LogP) is 5.07. The van der Waals surface area contributed by atoms with Crippen LogP contribution in [-0.4, -0.2) is 62.6 Å². The summed E-state index contributed by atoms with van der Waals surface area (Å²) in [6.07, 6.45) is 5.61. The van der Waals surface area contributed by atoms with Crippen LogP contribution in [0.15, 0.2) is 24.8 Å². The molecule has 3 atom stereocenters. The van der Waals surface area contributed by atoms with Crippen LogP contribution >= 0.6 is 0 Å². The van der Waals surface area contributed by atoms with Crippen LogP contribution in [0.1, 0.15) is 79.6 Å². The lowest BCUT2D eigenvalue weighted by molar-refractivity contribution is -0.141. The predicted molar refractivity (Wildman–Crippen MR) is 150 cm³/mol. The van der Waals surface area contributed by atoms with Gasteiger partial charge in [0.05, 0.1) is 13.2 Å². The Hall–Kier alpha value is -3.04. The van der Waals surface area contributed by atoms with Crippen molar-refractivity contribution in [2.24, 2.45) is 22.7 Å². The van der Waals surface area contributed by atoms with Crippen LogP contribution in [0.4, 0.5) is 9.59 Å². The maximum Gasteiger partial charge on any atom is 0.407 e. The van der Waals surface area contributed by atoms with Crippen molar-refractivity contribution in [2.75, 3.05) is 26.4 Å². The Labute approximate surface area is 238 Å². The summed E-state index contributed by atoms with van der Waals surface area (Å²) < 4.78 is 21.1. The molecule has 40 heavy (non-hydrogen) atoms. The minimum absolute atomic E-state index is 0.0500. The molecule has 0 radical (unpaired) electrons. The first kappa shape index (κ1) is 33.2. The summed E-state index contributed by atoms with van der Waals surface area (Å²) in [6, 6.07) is -0.134. The highest BCUT2D eigenvalue weighted by Gasteiger charge is 2.42. The molecule has 2 aliphatic rings. The lowest BCUT2D eigenvalue weighted by Crippen LogP contribution is -2.51. The van der Waals surface area contributed by atoms with E-state index in [0.717, 1.165) is 38.5 Å². The number of alkyl carbamates (subject to hydrolysis) is 2. The first-order valence-corrected chi connectivity index (χ1v) is 14.2. The summed E-state index contributed by atoms with van der Waals surface area (Å²) in [5, 5.41) is 5.89. The highest BCUT2D eigenvalue weighted by Crippen LogP contribution is 2.45. The molecule has 0 aromatic rings. The molecule has 3 unspecified atom stereocenters. The number of nitrogens with one attached hydrogen (secondary N) is 2. The summed E-state index contributed by atoms with van der Waals surface area (Å²) in [5.41, 5.74) is -0.0224. The molecule has 0 saturated heterocycles. The summed E-state index contributed by atoms with van der Waals surface area (Å²) >= 11 is 0. The van der Waals surface area contributed by atoms with E-state index in [-0.39, 0.29) is 29.1 Å². The van der Waals surface area contributed by atoms with Gasteiger partial charge in [0.2, 0.25) is 0 Å². The van der Waals surface area contributed by atoms with E-state index >= 15 is 0 Å². The van der Waals surface area contributed by atoms with Crippen LogP contribution < -0.4 is 10.6 Å². The van der Waals surface area contributed by atoms with Gasteiger partial charge in [-0.1, -0.05) is 33.9 Å². The molecule has 10 heteroatoms. The number of amides is 2. The van der Waals surface area contributed by atoms with E-state index in [9.17, 15) is 19.2 Å². The third-order valence-electron chi connectivity index (χ3n) is 7.58. The van der Waals surface area contributed by atoms with E-state index in [1.54, 1.807) is 13.8 Å². The molecule has 0 heterocycles. The smallest absolute Gasteiger partial charge is 0.407 e. The molecule has 0 spiro atoms. The molecule has 0 aromatic heterocycles. The number of ether oxygens (including phenoxy) is 4. The number of carbonyl (C=O) groups excluding carboxylic acids is 4. The van der Waals surface area contributed by atoms with Gasteiger partial charge in [0.15, 0.2) is 0 Å². The van der Waals surface area contributed by atoms with E-state index in [1.807, 2.05) is 0 Å². The molecule has 2 rings (SSSR count). The lowest BCUT2D eigenvalue weighted by atomic mass is 9.62. The van der Waals surface area contributed by atoms with Gasteiger partial charge in [0, 0.05) is 24.2 Å². The highest BCUT2D eigenvalue weighted by atomic mass is 16.6. The summed E-state index contributed by atoms with van der Waals surface area (Å²) in [5.74, 6) is -0.285. The van der Waals surface area contributed by atoms with Gasteiger partial charge < -0.3 is 29.6 Å². The van der Waals surface area contributed by atoms with Crippen LogP contribution in [0.5, 0.6) is 0 Å². The van der Waals surface area contributed by atoms with Crippen molar-refractivity contribution in [2.45, 2.75) is 91.7 Å². The van der Waals surface area contributed by atoms with Crippen molar-refractivity contribution < 1.29 is 38.1 Å². The van der Waals surface area contributed by atoms with Crippen LogP contribution in [0.3, 0.4) is 0 Å². The van der Waals surface area contributed by atoms with Gasteiger partial charge in [-0.15, -0.1) is 0 Å². The molecule has 2 aliphatic carbocycles. The Morgan fingerprint density at radius 2 is 1.55 bits per heavy atom. The van der Waals surface area contributed by atoms with Crippen molar-refractivity contribution >= 4 is 24.1 Å². The molecule has 2 fully saturated rings. The first-order chi connectivity index (χ1) is 18.7. The fourth-order valence-corrected chi connectivity index (χ4v) is 5.96. The highest BCUT2D eigenvalue weighted by molar-refractivity contribution is 5.86. The second kappa shape index (κ2) is 15.1. The van der Waals surface area contributed by atoms with Gasteiger partial charge in [-0.05, 0) is 81.5 Å². The number of rotatable bonds is 12. The quantitative estimate of drug-likeness (QED) is 0.191. The van der Waals surface area contributed by atoms with Crippen molar-refractivity contribution in [3.63, 3.8) is 0 Å². The van der Waals surface area contributed by atoms with Crippen molar-refractivity contribution in [3.8, 4) is 0 Å². The minimum Gasteiger partial charge on any atom is -0.462 e. The van der Waals surface area contributed by atoms with E-state index in [1.165, 1.54) is 6.08 Å². The zero-order chi connectivity index (χ0) is 29.9. The fourth-order valence-electron chi connectivity index (χ4n) is 5.96. The standard InChI is InChI=1S/C30H48N2O8/c1-8-25(33)37-16-22-9-11-23(12-10-22)17-39-27(35)31-19-30(7)14-24(13-29(5,6)18-30)32-28(36)40-21(4)15-38-26(34)20(2)3/h8,21-24H,1-2,9-19H2,3-7H3,(H,31,35)(H,32,36). The maximum atomic E-state index is 12.5. The van der Waals surface area contributed by atoms with E-state index in [0.29, 0.717) is 38.0 Å². The number of hydrogen-bond donors (Lipinski definition) is 2. The zero-order valence-corrected chi connectivity index (χ0v) is 24.8. The zero-order valence-electron chi connectivity index (χ0n) is 24.8. The Bertz CT molecular complexity index is 925. The summed E-state index contributed by atoms with van der Waals surface area (Å²) in [7, 11) is 0. The fraction of sp³-hybridized carbons (Fsp3) is 0.733. The van der Waals surface area contributed by atoms with E-state index < -0.39 is 30.2 Å². The normalized spacial score (nSPS) is 26.4. The minimum atomic E-state index is -0.604. The summed E-state index contributed by atoms with van der Waals surface area (Å²) in [4.78, 5) is 47.8. The SMILES string of the molecule is C=CC(=O)OCC1CCC(COC(=O)NCC2(C)CC(NC(=O)OC(C)COC(=O)C(=C)C)CC(C)(C)C2)CC1. The summed E-state index contributed by atoms with van der Waals surface area (Å²) in [6.45, 7) is 17.7. The number of hydrogen-bond acceptors (Lipinski definition) is 8. The topological polar surface area (TPSA) is 129 Å². The largest absolute Gasteiger partial charge is 0.462 e. The van der Waals surface area contributed by atoms with E-state index in [4.69, 9.17) is 18.9 Å². The number of carbonyl (C=O) groups is 4. The van der Waals surface area contributed by atoms with Crippen LogP contribution in [0.2, 0.25) is 0 Å². The third kappa shape index (κ3) is 12.0. The molecule has 0 aromatic carbocycles. The lowest BCUT2D eigenvalue weighted by Gasteiger charge is -2.46. The second-order valence-corrected chi connectivity index (χ2v) is 12.7. The molecule has 10 nitrogen and oxygen atoms in total. The van der Waals surface area contributed by atoms with Crippen LogP contribution in [-0.2, 0) is 28.5 Å². The van der Waals surface area contributed by atoms with Crippen LogP contribution in [0, 0.1) is 22.7 Å². The molecule has 2 saturated carbocycles. The molecular weight excluding hydrogens is 516 g/mol. The van der Waals surface area contributed by atoms with Crippen molar-refractivity contribution in [1.29, 1.82) is 0 Å². The molecule has 2 amide bonds. The third-order valence-corrected chi connectivity index (χ3v) is 7.58. The van der Waals surface area contributed by atoms with Gasteiger partial charge in [0.1, 0.15) is 12.7 Å². The Kier molecular flexibility index (Phi) is 12.5. The van der Waals surface area contributed by atoms with Crippen molar-refractivity contribution in [3.05, 3.63) is 24.8 Å². The van der Waals surface area contributed by atoms with Gasteiger partial charge in [-0.25, -0.2) is 19.2 Å². The first-order valence-electron chi connectivity index (χ1n) is 14.2. The Morgan fingerprint density at radius 3 is 2.12 bits per heavy atom. The molecule has 0 aliphatic heterocycles. The van der Waals surface area contributed by atoms with Crippen LogP contribution in [0.25, 0.3) is 0 Å². The maximum absolute atomic E-state index is 12.5. The van der Waals surface area contributed by atoms with Gasteiger partial charge in [-0.2, -0.15) is 0 Å². The second-order valence-electron chi connectivity index (χ2n) is 12.7. The number of esters is 2. The Morgan fingerprint density at radius 1 is 0.950 bits per heavy atom. The van der Waals surface area contributed by atoms with Gasteiger partial charge >= 0.3 is 24.1 Å². The van der Waals surface area contributed by atoms with Gasteiger partial charge in [0.25, 0.3) is 0 Å².